The third-order valence-corrected chi connectivity index (χ3v) is 11.0. The van der Waals surface area contributed by atoms with Crippen molar-refractivity contribution in [1.29, 1.82) is 0 Å². The highest BCUT2D eigenvalue weighted by Gasteiger charge is 2.14. The molecule has 3 aromatic heterocycles. The number of anilines is 4. The first-order chi connectivity index (χ1) is 25.2. The van der Waals surface area contributed by atoms with Gasteiger partial charge in [0.15, 0.2) is 0 Å². The zero-order chi connectivity index (χ0) is 37.5. The van der Waals surface area contributed by atoms with Gasteiger partial charge in [0.1, 0.15) is 0 Å². The Morgan fingerprint density at radius 3 is 1.43 bits per heavy atom. The molecule has 0 radical (unpaired) electrons. The average Bonchev–Trinajstić information content (AvgIpc) is 3.69. The van der Waals surface area contributed by atoms with E-state index in [4.69, 9.17) is 11.6 Å². The lowest BCUT2D eigenvalue weighted by Crippen LogP contribution is -2.04. The van der Waals surface area contributed by atoms with E-state index < -0.39 is 20.2 Å². The van der Waals surface area contributed by atoms with Gasteiger partial charge < -0.3 is 10.6 Å². The maximum atomic E-state index is 11.4. The third kappa shape index (κ3) is 8.46. The standard InChI is InChI=1S/C31H22ClN11O6S4.2H2/c1-15-11-17(3-7-21(15)40-42-30-35-23-13-19(52(44,45)46)5-9-25(23)50-30)33-28-37-27(32)38-29(39-28)34-18-4-8-22(16(2)12-18)41-43-31-36-24-14-20(53(47,48)49)6-10-26(24)51-31;;/h3-14H,1-2H3,(H,44,45,46)(H,47,48,49)(H2,33,34,37,38,39);2*1H. The lowest BCUT2D eigenvalue weighted by molar-refractivity contribution is 0.481. The maximum Gasteiger partial charge on any atom is 0.294 e. The molecule has 0 aliphatic heterocycles. The molecular weight excluding hydrogens is 786 g/mol. The van der Waals surface area contributed by atoms with Gasteiger partial charge in [-0.05, 0) is 109 Å². The topological polar surface area (TPSA) is 247 Å². The number of hydrogen-bond acceptors (Lipinski definition) is 17. The van der Waals surface area contributed by atoms with Crippen LogP contribution in [0.4, 0.5) is 44.9 Å². The summed E-state index contributed by atoms with van der Waals surface area (Å²) in [6.45, 7) is 3.69. The van der Waals surface area contributed by atoms with Crippen LogP contribution in [0.15, 0.2) is 103 Å². The predicted molar refractivity (Wildman–Crippen MR) is 205 cm³/mol. The first-order valence-electron chi connectivity index (χ1n) is 14.9. The van der Waals surface area contributed by atoms with Gasteiger partial charge >= 0.3 is 0 Å². The zero-order valence-corrected chi connectivity index (χ0v) is 31.0. The lowest BCUT2D eigenvalue weighted by atomic mass is 10.2. The van der Waals surface area contributed by atoms with Gasteiger partial charge in [0.05, 0.1) is 41.6 Å². The highest BCUT2D eigenvalue weighted by atomic mass is 35.5. The van der Waals surface area contributed by atoms with Gasteiger partial charge in [0.25, 0.3) is 20.2 Å². The van der Waals surface area contributed by atoms with E-state index in [1.165, 1.54) is 46.9 Å². The summed E-state index contributed by atoms with van der Waals surface area (Å²) in [5, 5.41) is 23.8. The Kier molecular flexibility index (Phi) is 9.63. The summed E-state index contributed by atoms with van der Waals surface area (Å²) in [7, 11) is -8.70. The quantitative estimate of drug-likeness (QED) is 0.0743. The molecule has 0 aliphatic carbocycles. The molecule has 7 aromatic rings. The van der Waals surface area contributed by atoms with Crippen molar-refractivity contribution in [1.82, 2.24) is 24.9 Å². The predicted octanol–water partition coefficient (Wildman–Crippen LogP) is 9.66. The molecule has 0 saturated heterocycles. The van der Waals surface area contributed by atoms with E-state index >= 15 is 0 Å². The molecule has 0 fully saturated rings. The van der Waals surface area contributed by atoms with Gasteiger partial charge in [0, 0.05) is 14.2 Å². The average molecular weight is 812 g/mol. The summed E-state index contributed by atoms with van der Waals surface area (Å²) in [6.07, 6.45) is 0. The Balaban J connectivity index is 0.00000290. The van der Waals surface area contributed by atoms with Gasteiger partial charge in [-0.1, -0.05) is 22.7 Å². The minimum absolute atomic E-state index is 0. The number of aromatic nitrogens is 5. The van der Waals surface area contributed by atoms with E-state index in [2.05, 4.69) is 56.0 Å². The summed E-state index contributed by atoms with van der Waals surface area (Å²) < 4.78 is 65.7. The molecule has 0 aliphatic rings. The number of fused-ring (bicyclic) bond motifs is 2. The molecule has 3 heterocycles. The molecule has 7 rings (SSSR count). The van der Waals surface area contributed by atoms with Crippen LogP contribution in [0.5, 0.6) is 0 Å². The Morgan fingerprint density at radius 1 is 0.604 bits per heavy atom. The number of aryl methyl sites for hydroxylation is 2. The first-order valence-corrected chi connectivity index (χ1v) is 19.8. The van der Waals surface area contributed by atoms with Gasteiger partial charge in [0.2, 0.25) is 27.4 Å². The molecule has 0 atom stereocenters. The highest BCUT2D eigenvalue weighted by Crippen LogP contribution is 2.34. The van der Waals surface area contributed by atoms with E-state index in [0.29, 0.717) is 53.4 Å². The normalized spacial score (nSPS) is 12.4. The fraction of sp³-hybridized carbons (Fsp3) is 0.0645. The van der Waals surface area contributed by atoms with Gasteiger partial charge in [-0.15, -0.1) is 20.5 Å². The van der Waals surface area contributed by atoms with Crippen molar-refractivity contribution in [2.24, 2.45) is 20.5 Å². The molecule has 0 amide bonds. The smallest absolute Gasteiger partial charge is 0.294 e. The molecular formula is C31H26ClN11O6S4. The van der Waals surface area contributed by atoms with E-state index in [1.54, 1.807) is 36.4 Å². The van der Waals surface area contributed by atoms with Crippen molar-refractivity contribution in [3.63, 3.8) is 0 Å². The highest BCUT2D eigenvalue weighted by molar-refractivity contribution is 7.86. The largest absolute Gasteiger partial charge is 0.324 e. The molecule has 0 saturated carbocycles. The Morgan fingerprint density at radius 2 is 1.04 bits per heavy atom. The second-order valence-corrected chi connectivity index (χ2v) is 16.3. The lowest BCUT2D eigenvalue weighted by Gasteiger charge is -2.10. The molecule has 0 spiro atoms. The second-order valence-electron chi connectivity index (χ2n) is 11.1. The molecule has 272 valence electrons. The van der Waals surface area contributed by atoms with Crippen molar-refractivity contribution >= 4 is 120 Å². The van der Waals surface area contributed by atoms with Crippen LogP contribution < -0.4 is 10.6 Å². The molecule has 0 unspecified atom stereocenters. The van der Waals surface area contributed by atoms with Crippen molar-refractivity contribution < 1.29 is 28.8 Å². The van der Waals surface area contributed by atoms with Crippen LogP contribution in [0.1, 0.15) is 14.0 Å². The summed E-state index contributed by atoms with van der Waals surface area (Å²) in [5.41, 5.74) is 4.72. The molecule has 53 heavy (non-hydrogen) atoms. The number of nitrogens with zero attached hydrogens (tertiary/aromatic N) is 9. The molecule has 22 heteroatoms. The number of thiazole rings is 2. The molecule has 4 N–H and O–H groups in total. The molecule has 4 aromatic carbocycles. The SMILES string of the molecule is Cc1cc(Nc2nc(Cl)nc(Nc3ccc(N=Nc4nc5cc(S(=O)(=O)O)ccc5s4)c(C)c3)n2)ccc1N=Nc1nc2cc(S(=O)(=O)O)ccc2s1.[HH].[HH]. The van der Waals surface area contributed by atoms with E-state index in [-0.39, 0.29) is 29.8 Å². The number of halogens is 1. The number of rotatable bonds is 10. The Labute approximate surface area is 316 Å². The zero-order valence-electron chi connectivity index (χ0n) is 27.0. The summed E-state index contributed by atoms with van der Waals surface area (Å²) >= 11 is 8.67. The van der Waals surface area contributed by atoms with Crippen LogP contribution in [0.25, 0.3) is 20.4 Å². The van der Waals surface area contributed by atoms with Crippen LogP contribution in [0.3, 0.4) is 0 Å². The van der Waals surface area contributed by atoms with Gasteiger partial charge in [-0.3, -0.25) is 9.11 Å². The van der Waals surface area contributed by atoms with Crippen LogP contribution in [0, 0.1) is 13.8 Å². The van der Waals surface area contributed by atoms with Crippen LogP contribution in [-0.2, 0) is 20.2 Å². The van der Waals surface area contributed by atoms with Crippen LogP contribution in [-0.4, -0.2) is 50.9 Å². The van der Waals surface area contributed by atoms with Gasteiger partial charge in [-0.2, -0.15) is 31.8 Å². The van der Waals surface area contributed by atoms with E-state index in [0.717, 1.165) is 11.1 Å². The van der Waals surface area contributed by atoms with Crippen LogP contribution in [0.2, 0.25) is 5.28 Å². The number of benzene rings is 4. The van der Waals surface area contributed by atoms with E-state index in [9.17, 15) is 25.9 Å². The maximum absolute atomic E-state index is 11.4. The Bertz CT molecular complexity index is 2690. The summed E-state index contributed by atoms with van der Waals surface area (Å²) in [6, 6.07) is 18.9. The van der Waals surface area contributed by atoms with Crippen molar-refractivity contribution in [3.05, 3.63) is 89.2 Å². The van der Waals surface area contributed by atoms with Crippen molar-refractivity contribution in [3.8, 4) is 0 Å². The summed E-state index contributed by atoms with van der Waals surface area (Å²) in [4.78, 5) is 20.9. The van der Waals surface area contributed by atoms with Crippen molar-refractivity contribution in [2.75, 3.05) is 10.6 Å². The first kappa shape index (κ1) is 36.0. The minimum atomic E-state index is -4.35. The molecule has 0 bridgehead atoms. The third-order valence-electron chi connectivity index (χ3n) is 7.29. The molecule has 17 nitrogen and oxygen atoms in total. The van der Waals surface area contributed by atoms with Gasteiger partial charge in [-0.25, -0.2) is 9.97 Å². The second kappa shape index (κ2) is 14.2. The summed E-state index contributed by atoms with van der Waals surface area (Å²) in [5.74, 6) is 0.364. The fourth-order valence-electron chi connectivity index (χ4n) is 4.80. The number of nitrogens with one attached hydrogen (secondary N) is 2. The number of azo groups is 2. The minimum Gasteiger partial charge on any atom is -0.324 e. The van der Waals surface area contributed by atoms with Crippen molar-refractivity contribution in [2.45, 2.75) is 23.6 Å². The number of hydrogen-bond donors (Lipinski definition) is 4. The van der Waals surface area contributed by atoms with E-state index in [1.807, 2.05) is 26.0 Å². The Hall–Kier alpha value is -5.42. The fourth-order valence-corrected chi connectivity index (χ4v) is 7.50. The monoisotopic (exact) mass is 811 g/mol. The van der Waals surface area contributed by atoms with Crippen LogP contribution >= 0.6 is 34.3 Å².